The number of carbonyl (C=O) groups excluding carboxylic acids is 1. The topological polar surface area (TPSA) is 26.3 Å². The smallest absolute Gasteiger partial charge is 0.155 e. The van der Waals surface area contributed by atoms with Crippen molar-refractivity contribution in [2.75, 3.05) is 6.61 Å². The molecule has 1 aliphatic carbocycles. The van der Waals surface area contributed by atoms with Crippen molar-refractivity contribution in [1.82, 2.24) is 0 Å². The van der Waals surface area contributed by atoms with Crippen LogP contribution in [0.3, 0.4) is 0 Å². The summed E-state index contributed by atoms with van der Waals surface area (Å²) in [4.78, 5) is 11.4. The van der Waals surface area contributed by atoms with E-state index in [1.807, 2.05) is 6.08 Å². The molecular formula is C14H22O2. The largest absolute Gasteiger partial charge is 0.378 e. The van der Waals surface area contributed by atoms with Crippen LogP contribution in [0.4, 0.5) is 0 Å². The van der Waals surface area contributed by atoms with Crippen LogP contribution in [0.5, 0.6) is 0 Å². The van der Waals surface area contributed by atoms with Gasteiger partial charge >= 0.3 is 0 Å². The van der Waals surface area contributed by atoms with Gasteiger partial charge in [-0.15, -0.1) is 0 Å². The van der Waals surface area contributed by atoms with Gasteiger partial charge in [-0.3, -0.25) is 4.79 Å². The molecule has 0 aromatic carbocycles. The Morgan fingerprint density at radius 3 is 2.94 bits per heavy atom. The second kappa shape index (κ2) is 6.19. The molecule has 1 unspecified atom stereocenters. The molecule has 2 heteroatoms. The molecule has 0 radical (unpaired) electrons. The van der Waals surface area contributed by atoms with Gasteiger partial charge in [0.25, 0.3) is 0 Å². The Balaban J connectivity index is 1.69. The standard InChI is InChI=1S/C14H22O2/c15-13-7-2-1-5-12(11-13)6-3-8-14-9-4-10-16-14/h11,14H,1-10H2. The predicted molar refractivity (Wildman–Crippen MR) is 64.4 cm³/mol. The van der Waals surface area contributed by atoms with Gasteiger partial charge in [0.05, 0.1) is 6.10 Å². The van der Waals surface area contributed by atoms with Crippen LogP contribution in [0.15, 0.2) is 11.6 Å². The summed E-state index contributed by atoms with van der Waals surface area (Å²) in [6.07, 6.45) is 12.5. The predicted octanol–water partition coefficient (Wildman–Crippen LogP) is 3.41. The quantitative estimate of drug-likeness (QED) is 0.728. The first kappa shape index (κ1) is 11.8. The van der Waals surface area contributed by atoms with Crippen LogP contribution in [-0.2, 0) is 9.53 Å². The third kappa shape index (κ3) is 3.75. The highest BCUT2D eigenvalue weighted by atomic mass is 16.5. The first-order valence-electron chi connectivity index (χ1n) is 6.68. The molecule has 1 saturated heterocycles. The van der Waals surface area contributed by atoms with Gasteiger partial charge in [0, 0.05) is 13.0 Å². The van der Waals surface area contributed by atoms with Gasteiger partial charge in [0.2, 0.25) is 0 Å². The SMILES string of the molecule is O=C1C=C(CCCC2CCCO2)CCCC1. The summed E-state index contributed by atoms with van der Waals surface area (Å²) < 4.78 is 5.60. The highest BCUT2D eigenvalue weighted by Crippen LogP contribution is 2.23. The van der Waals surface area contributed by atoms with Gasteiger partial charge in [0.1, 0.15) is 0 Å². The highest BCUT2D eigenvalue weighted by Gasteiger charge is 2.15. The monoisotopic (exact) mass is 222 g/mol. The van der Waals surface area contributed by atoms with E-state index in [1.54, 1.807) is 0 Å². The number of carbonyl (C=O) groups is 1. The Morgan fingerprint density at radius 2 is 2.12 bits per heavy atom. The maximum absolute atomic E-state index is 11.4. The summed E-state index contributed by atoms with van der Waals surface area (Å²) in [7, 11) is 0. The number of ketones is 1. The van der Waals surface area contributed by atoms with E-state index in [4.69, 9.17) is 4.74 Å². The lowest BCUT2D eigenvalue weighted by atomic mass is 10.0. The fourth-order valence-electron chi connectivity index (χ4n) is 2.65. The van der Waals surface area contributed by atoms with E-state index in [1.165, 1.54) is 37.7 Å². The summed E-state index contributed by atoms with van der Waals surface area (Å²) in [6, 6.07) is 0. The highest BCUT2D eigenvalue weighted by molar-refractivity contribution is 5.90. The van der Waals surface area contributed by atoms with Gasteiger partial charge < -0.3 is 4.74 Å². The van der Waals surface area contributed by atoms with Gasteiger partial charge in [-0.1, -0.05) is 5.57 Å². The molecule has 2 nitrogen and oxygen atoms in total. The maximum Gasteiger partial charge on any atom is 0.155 e. The number of allylic oxidation sites excluding steroid dienone is 2. The minimum absolute atomic E-state index is 0.338. The summed E-state index contributed by atoms with van der Waals surface area (Å²) in [5, 5.41) is 0. The molecule has 0 aromatic rings. The van der Waals surface area contributed by atoms with E-state index in [0.29, 0.717) is 11.9 Å². The molecular weight excluding hydrogens is 200 g/mol. The van der Waals surface area contributed by atoms with E-state index < -0.39 is 0 Å². The van der Waals surface area contributed by atoms with Crippen LogP contribution < -0.4 is 0 Å². The number of hydrogen-bond acceptors (Lipinski definition) is 2. The molecule has 2 rings (SSSR count). The molecule has 1 atom stereocenters. The third-order valence-electron chi connectivity index (χ3n) is 3.58. The van der Waals surface area contributed by atoms with Crippen molar-refractivity contribution in [3.63, 3.8) is 0 Å². The summed E-state index contributed by atoms with van der Waals surface area (Å²) in [5.41, 5.74) is 1.38. The summed E-state index contributed by atoms with van der Waals surface area (Å²) in [6.45, 7) is 0.950. The van der Waals surface area contributed by atoms with Crippen molar-refractivity contribution in [1.29, 1.82) is 0 Å². The second-order valence-corrected chi connectivity index (χ2v) is 5.00. The van der Waals surface area contributed by atoms with E-state index in [0.717, 1.165) is 32.3 Å². The molecule has 1 aliphatic heterocycles. The lowest BCUT2D eigenvalue weighted by Gasteiger charge is -2.09. The first-order valence-corrected chi connectivity index (χ1v) is 6.68. The van der Waals surface area contributed by atoms with Crippen molar-refractivity contribution < 1.29 is 9.53 Å². The Hall–Kier alpha value is -0.630. The molecule has 90 valence electrons. The first-order chi connectivity index (χ1) is 7.84. The van der Waals surface area contributed by atoms with Crippen molar-refractivity contribution in [3.8, 4) is 0 Å². The number of hydrogen-bond donors (Lipinski definition) is 0. The zero-order chi connectivity index (χ0) is 11.2. The normalized spacial score (nSPS) is 26.6. The third-order valence-corrected chi connectivity index (χ3v) is 3.58. The van der Waals surface area contributed by atoms with Crippen LogP contribution in [-0.4, -0.2) is 18.5 Å². The fraction of sp³-hybridized carbons (Fsp3) is 0.786. The van der Waals surface area contributed by atoms with E-state index >= 15 is 0 Å². The zero-order valence-corrected chi connectivity index (χ0v) is 10.0. The molecule has 0 spiro atoms. The number of ether oxygens (including phenoxy) is 1. The molecule has 0 amide bonds. The Bertz CT molecular complexity index is 262. The fourth-order valence-corrected chi connectivity index (χ4v) is 2.65. The average Bonchev–Trinajstić information content (AvgIpc) is 2.69. The van der Waals surface area contributed by atoms with Crippen LogP contribution in [0.1, 0.15) is 57.8 Å². The van der Waals surface area contributed by atoms with Crippen molar-refractivity contribution in [3.05, 3.63) is 11.6 Å². The van der Waals surface area contributed by atoms with Crippen LogP contribution in [0.2, 0.25) is 0 Å². The molecule has 2 aliphatic rings. The second-order valence-electron chi connectivity index (χ2n) is 5.00. The van der Waals surface area contributed by atoms with Crippen molar-refractivity contribution in [2.45, 2.75) is 63.9 Å². The minimum Gasteiger partial charge on any atom is -0.378 e. The van der Waals surface area contributed by atoms with Gasteiger partial charge in [-0.25, -0.2) is 0 Å². The van der Waals surface area contributed by atoms with Gasteiger partial charge in [-0.2, -0.15) is 0 Å². The summed E-state index contributed by atoms with van der Waals surface area (Å²) in [5.74, 6) is 0.338. The molecule has 1 fully saturated rings. The Morgan fingerprint density at radius 1 is 1.25 bits per heavy atom. The lowest BCUT2D eigenvalue weighted by Crippen LogP contribution is -2.04. The molecule has 0 saturated carbocycles. The van der Waals surface area contributed by atoms with E-state index in [-0.39, 0.29) is 0 Å². The Labute approximate surface area is 98.1 Å². The Kier molecular flexibility index (Phi) is 4.58. The molecule has 16 heavy (non-hydrogen) atoms. The minimum atomic E-state index is 0.338. The number of rotatable bonds is 4. The molecule has 1 heterocycles. The van der Waals surface area contributed by atoms with Crippen LogP contribution >= 0.6 is 0 Å². The van der Waals surface area contributed by atoms with E-state index in [9.17, 15) is 4.79 Å². The molecule has 0 N–H and O–H groups in total. The maximum atomic E-state index is 11.4. The zero-order valence-electron chi connectivity index (χ0n) is 10.0. The van der Waals surface area contributed by atoms with Crippen molar-refractivity contribution >= 4 is 5.78 Å². The lowest BCUT2D eigenvalue weighted by molar-refractivity contribution is -0.114. The van der Waals surface area contributed by atoms with Crippen LogP contribution in [0, 0.1) is 0 Å². The average molecular weight is 222 g/mol. The van der Waals surface area contributed by atoms with Crippen molar-refractivity contribution in [2.24, 2.45) is 0 Å². The summed E-state index contributed by atoms with van der Waals surface area (Å²) >= 11 is 0. The van der Waals surface area contributed by atoms with E-state index in [2.05, 4.69) is 0 Å². The van der Waals surface area contributed by atoms with Gasteiger partial charge in [0.15, 0.2) is 5.78 Å². The molecule has 0 bridgehead atoms. The van der Waals surface area contributed by atoms with Gasteiger partial charge in [-0.05, 0) is 57.4 Å². The van der Waals surface area contributed by atoms with Crippen LogP contribution in [0.25, 0.3) is 0 Å². The molecule has 0 aromatic heterocycles.